The highest BCUT2D eigenvalue weighted by molar-refractivity contribution is 5.81. The Morgan fingerprint density at radius 2 is 1.68 bits per heavy atom. The molecule has 2 aromatic carbocycles. The molecule has 1 atom stereocenters. The number of benzene rings is 2. The number of amides is 1. The first-order valence-corrected chi connectivity index (χ1v) is 8.70. The summed E-state index contributed by atoms with van der Waals surface area (Å²) in [6, 6.07) is 16.4. The van der Waals surface area contributed by atoms with E-state index in [-0.39, 0.29) is 17.8 Å². The van der Waals surface area contributed by atoms with Crippen LogP contribution >= 0.6 is 0 Å². The predicted molar refractivity (Wildman–Crippen MR) is 97.9 cm³/mol. The molecule has 1 aliphatic rings. The lowest BCUT2D eigenvalue weighted by Crippen LogP contribution is -2.53. The van der Waals surface area contributed by atoms with Gasteiger partial charge in [0.05, 0.1) is 6.04 Å². The summed E-state index contributed by atoms with van der Waals surface area (Å²) in [7, 11) is 0. The van der Waals surface area contributed by atoms with E-state index in [0.717, 1.165) is 37.4 Å². The van der Waals surface area contributed by atoms with Gasteiger partial charge < -0.3 is 10.2 Å². The number of nitrogens with one attached hydrogen (secondary N) is 1. The summed E-state index contributed by atoms with van der Waals surface area (Å²) in [6.07, 6.45) is 0. The molecule has 1 heterocycles. The van der Waals surface area contributed by atoms with Crippen LogP contribution in [0.1, 0.15) is 12.5 Å². The second-order valence-corrected chi connectivity index (χ2v) is 6.38. The van der Waals surface area contributed by atoms with E-state index in [1.54, 1.807) is 12.1 Å². The first kappa shape index (κ1) is 17.4. The summed E-state index contributed by atoms with van der Waals surface area (Å²) in [4.78, 5) is 16.8. The number of carbonyl (C=O) groups is 1. The van der Waals surface area contributed by atoms with Crippen molar-refractivity contribution in [1.29, 1.82) is 0 Å². The number of piperazine rings is 1. The van der Waals surface area contributed by atoms with Gasteiger partial charge in [-0.1, -0.05) is 30.3 Å². The summed E-state index contributed by atoms with van der Waals surface area (Å²) in [5, 5.41) is 3.01. The van der Waals surface area contributed by atoms with Gasteiger partial charge in [-0.25, -0.2) is 4.39 Å². The van der Waals surface area contributed by atoms with Gasteiger partial charge in [0.1, 0.15) is 5.82 Å². The molecule has 1 amide bonds. The molecule has 3 rings (SSSR count). The van der Waals surface area contributed by atoms with Crippen molar-refractivity contribution >= 4 is 11.6 Å². The van der Waals surface area contributed by atoms with E-state index >= 15 is 0 Å². The van der Waals surface area contributed by atoms with E-state index in [1.165, 1.54) is 12.1 Å². The lowest BCUT2D eigenvalue weighted by molar-refractivity contribution is -0.126. The third kappa shape index (κ3) is 4.57. The van der Waals surface area contributed by atoms with Crippen LogP contribution in [0.25, 0.3) is 0 Å². The maximum Gasteiger partial charge on any atom is 0.237 e. The van der Waals surface area contributed by atoms with Crippen molar-refractivity contribution in [3.63, 3.8) is 0 Å². The number of hydrogen-bond acceptors (Lipinski definition) is 3. The molecule has 132 valence electrons. The third-order valence-corrected chi connectivity index (χ3v) is 4.74. The van der Waals surface area contributed by atoms with Crippen LogP contribution in [0.4, 0.5) is 10.1 Å². The van der Waals surface area contributed by atoms with Crippen LogP contribution in [-0.4, -0.2) is 43.0 Å². The molecule has 5 heteroatoms. The minimum atomic E-state index is -0.217. The van der Waals surface area contributed by atoms with Crippen LogP contribution in [-0.2, 0) is 11.3 Å². The Bertz CT molecular complexity index is 682. The Balaban J connectivity index is 1.48. The Kier molecular flexibility index (Phi) is 5.66. The van der Waals surface area contributed by atoms with Crippen LogP contribution in [0, 0.1) is 5.82 Å². The fraction of sp³-hybridized carbons (Fsp3) is 0.350. The van der Waals surface area contributed by atoms with Gasteiger partial charge in [-0.15, -0.1) is 0 Å². The van der Waals surface area contributed by atoms with E-state index < -0.39 is 0 Å². The van der Waals surface area contributed by atoms with Crippen molar-refractivity contribution in [3.05, 3.63) is 66.0 Å². The van der Waals surface area contributed by atoms with Gasteiger partial charge in [0.15, 0.2) is 0 Å². The molecule has 0 radical (unpaired) electrons. The standard InChI is InChI=1S/C20H24FN3O/c1-16(20(25)22-15-17-5-3-2-4-6-17)23-11-13-24(14-12-23)19-9-7-18(21)8-10-19/h2-10,16H,11-15H2,1H3,(H,22,25)/t16-/m1/s1. The highest BCUT2D eigenvalue weighted by atomic mass is 19.1. The zero-order valence-electron chi connectivity index (χ0n) is 14.5. The molecule has 0 saturated carbocycles. The number of rotatable bonds is 5. The Morgan fingerprint density at radius 1 is 1.04 bits per heavy atom. The largest absolute Gasteiger partial charge is 0.369 e. The number of halogens is 1. The van der Waals surface area contributed by atoms with Crippen molar-refractivity contribution in [2.24, 2.45) is 0 Å². The fourth-order valence-corrected chi connectivity index (χ4v) is 3.12. The minimum absolute atomic E-state index is 0.0547. The van der Waals surface area contributed by atoms with Crippen molar-refractivity contribution in [3.8, 4) is 0 Å². The fourth-order valence-electron chi connectivity index (χ4n) is 3.12. The summed E-state index contributed by atoms with van der Waals surface area (Å²) in [6.45, 7) is 5.81. The van der Waals surface area contributed by atoms with Crippen LogP contribution in [0.5, 0.6) is 0 Å². The Morgan fingerprint density at radius 3 is 2.32 bits per heavy atom. The second kappa shape index (κ2) is 8.12. The predicted octanol–water partition coefficient (Wildman–Crippen LogP) is 2.65. The van der Waals surface area contributed by atoms with Crippen molar-refractivity contribution in [2.75, 3.05) is 31.1 Å². The lowest BCUT2D eigenvalue weighted by atomic mass is 10.2. The van der Waals surface area contributed by atoms with Gasteiger partial charge in [-0.3, -0.25) is 9.69 Å². The van der Waals surface area contributed by atoms with Gasteiger partial charge in [0.2, 0.25) is 5.91 Å². The van der Waals surface area contributed by atoms with Crippen LogP contribution in [0.15, 0.2) is 54.6 Å². The molecule has 1 saturated heterocycles. The maximum atomic E-state index is 13.0. The van der Waals surface area contributed by atoms with Gasteiger partial charge in [0.25, 0.3) is 0 Å². The summed E-state index contributed by atoms with van der Waals surface area (Å²) >= 11 is 0. The van der Waals surface area contributed by atoms with Crippen LogP contribution in [0.3, 0.4) is 0 Å². The lowest BCUT2D eigenvalue weighted by Gasteiger charge is -2.38. The van der Waals surface area contributed by atoms with Crippen LogP contribution < -0.4 is 10.2 Å². The average molecular weight is 341 g/mol. The normalized spacial score (nSPS) is 16.5. The second-order valence-electron chi connectivity index (χ2n) is 6.38. The maximum absolute atomic E-state index is 13.0. The van der Waals surface area contributed by atoms with E-state index in [2.05, 4.69) is 15.1 Å². The first-order chi connectivity index (χ1) is 12.1. The molecular weight excluding hydrogens is 317 g/mol. The molecule has 0 spiro atoms. The molecule has 0 unspecified atom stereocenters. The summed E-state index contributed by atoms with van der Waals surface area (Å²) < 4.78 is 13.0. The zero-order valence-corrected chi connectivity index (χ0v) is 14.5. The zero-order chi connectivity index (χ0) is 17.6. The number of nitrogens with zero attached hydrogens (tertiary/aromatic N) is 2. The van der Waals surface area contributed by atoms with E-state index in [0.29, 0.717) is 6.54 Å². The highest BCUT2D eigenvalue weighted by Gasteiger charge is 2.25. The molecule has 0 aromatic heterocycles. The SMILES string of the molecule is C[C@H](C(=O)NCc1ccccc1)N1CCN(c2ccc(F)cc2)CC1. The van der Waals surface area contributed by atoms with Gasteiger partial charge in [-0.05, 0) is 36.8 Å². The van der Waals surface area contributed by atoms with Crippen LogP contribution in [0.2, 0.25) is 0 Å². The number of anilines is 1. The van der Waals surface area contributed by atoms with E-state index in [4.69, 9.17) is 0 Å². The Hall–Kier alpha value is -2.40. The van der Waals surface area contributed by atoms with Gasteiger partial charge in [0, 0.05) is 38.4 Å². The summed E-state index contributed by atoms with van der Waals surface area (Å²) in [5.74, 6) is -0.162. The monoisotopic (exact) mass is 341 g/mol. The first-order valence-electron chi connectivity index (χ1n) is 8.70. The number of carbonyl (C=O) groups excluding carboxylic acids is 1. The molecule has 25 heavy (non-hydrogen) atoms. The highest BCUT2D eigenvalue weighted by Crippen LogP contribution is 2.17. The van der Waals surface area contributed by atoms with Crippen molar-refractivity contribution in [2.45, 2.75) is 19.5 Å². The van der Waals surface area contributed by atoms with E-state index in [9.17, 15) is 9.18 Å². The molecular formula is C20H24FN3O. The third-order valence-electron chi connectivity index (χ3n) is 4.74. The van der Waals surface area contributed by atoms with Crippen molar-refractivity contribution in [1.82, 2.24) is 10.2 Å². The van der Waals surface area contributed by atoms with Crippen molar-refractivity contribution < 1.29 is 9.18 Å². The average Bonchev–Trinajstić information content (AvgIpc) is 2.67. The summed E-state index contributed by atoms with van der Waals surface area (Å²) in [5.41, 5.74) is 2.13. The molecule has 1 fully saturated rings. The Labute approximate surface area is 148 Å². The topological polar surface area (TPSA) is 35.6 Å². The molecule has 0 bridgehead atoms. The van der Waals surface area contributed by atoms with Gasteiger partial charge >= 0.3 is 0 Å². The molecule has 1 aliphatic heterocycles. The van der Waals surface area contributed by atoms with Gasteiger partial charge in [-0.2, -0.15) is 0 Å². The molecule has 4 nitrogen and oxygen atoms in total. The molecule has 0 aliphatic carbocycles. The molecule has 2 aromatic rings. The molecule has 1 N–H and O–H groups in total. The minimum Gasteiger partial charge on any atom is -0.369 e. The van der Waals surface area contributed by atoms with E-state index in [1.807, 2.05) is 37.3 Å². The quantitative estimate of drug-likeness (QED) is 0.908. The number of hydrogen-bond donors (Lipinski definition) is 1. The smallest absolute Gasteiger partial charge is 0.237 e.